The molecule has 0 N–H and O–H groups in total. The van der Waals surface area contributed by atoms with E-state index in [-0.39, 0.29) is 30.1 Å². The first-order chi connectivity index (χ1) is 12.1. The summed E-state index contributed by atoms with van der Waals surface area (Å²) >= 11 is 0. The topological polar surface area (TPSA) is 49.9 Å². The van der Waals surface area contributed by atoms with Crippen LogP contribution in [0.25, 0.3) is 0 Å². The second-order valence-electron chi connectivity index (χ2n) is 7.13. The van der Waals surface area contributed by atoms with Crippen LogP contribution in [0.3, 0.4) is 0 Å². The third kappa shape index (κ3) is 4.21. The highest BCUT2D eigenvalue weighted by atomic mass is 16.5. The minimum Gasteiger partial charge on any atom is -0.372 e. The zero-order valence-electron chi connectivity index (χ0n) is 15.2. The first-order valence-electron chi connectivity index (χ1n) is 9.36. The summed E-state index contributed by atoms with van der Waals surface area (Å²) in [5, 5.41) is 0. The molecule has 1 aromatic carbocycles. The number of hydrogen-bond donors (Lipinski definition) is 0. The molecular weight excluding hydrogens is 316 g/mol. The van der Waals surface area contributed by atoms with E-state index >= 15 is 0 Å². The quantitative estimate of drug-likeness (QED) is 0.842. The first-order valence-corrected chi connectivity index (χ1v) is 9.36. The standard InChI is InChI=1S/C20H28N2O3/c1-3-17-14-21(13-15(2)25-17)20(24)18-10-7-11-22(18)19(23)12-16-8-5-4-6-9-16/h4-6,8-9,15,17-18H,3,7,10-14H2,1-2H3. The predicted molar refractivity (Wildman–Crippen MR) is 96.1 cm³/mol. The van der Waals surface area contributed by atoms with Crippen molar-refractivity contribution in [2.24, 2.45) is 0 Å². The third-order valence-corrected chi connectivity index (χ3v) is 5.15. The van der Waals surface area contributed by atoms with Crippen LogP contribution in [0.4, 0.5) is 0 Å². The molecular formula is C20H28N2O3. The Hall–Kier alpha value is -1.88. The molecule has 2 fully saturated rings. The Balaban J connectivity index is 1.66. The number of amides is 2. The molecule has 0 bridgehead atoms. The average Bonchev–Trinajstić information content (AvgIpc) is 3.11. The van der Waals surface area contributed by atoms with Gasteiger partial charge in [0, 0.05) is 19.6 Å². The Bertz CT molecular complexity index is 604. The van der Waals surface area contributed by atoms with E-state index in [0.29, 0.717) is 26.1 Å². The fraction of sp³-hybridized carbons (Fsp3) is 0.600. The maximum absolute atomic E-state index is 13.1. The third-order valence-electron chi connectivity index (χ3n) is 5.15. The minimum atomic E-state index is -0.306. The summed E-state index contributed by atoms with van der Waals surface area (Å²) in [5.41, 5.74) is 0.997. The second-order valence-corrected chi connectivity index (χ2v) is 7.13. The van der Waals surface area contributed by atoms with Crippen LogP contribution < -0.4 is 0 Å². The molecule has 2 saturated heterocycles. The van der Waals surface area contributed by atoms with Gasteiger partial charge in [0.05, 0.1) is 18.6 Å². The van der Waals surface area contributed by atoms with Gasteiger partial charge in [0.2, 0.25) is 11.8 Å². The number of carbonyl (C=O) groups excluding carboxylic acids is 2. The fourth-order valence-corrected chi connectivity index (χ4v) is 3.86. The summed E-state index contributed by atoms with van der Waals surface area (Å²) < 4.78 is 5.86. The van der Waals surface area contributed by atoms with E-state index in [9.17, 15) is 9.59 Å². The van der Waals surface area contributed by atoms with Crippen molar-refractivity contribution in [1.29, 1.82) is 0 Å². The number of rotatable bonds is 4. The Morgan fingerprint density at radius 1 is 1.20 bits per heavy atom. The maximum Gasteiger partial charge on any atom is 0.245 e. The molecule has 2 heterocycles. The van der Waals surface area contributed by atoms with Crippen molar-refractivity contribution >= 4 is 11.8 Å². The molecule has 2 aliphatic heterocycles. The molecule has 5 heteroatoms. The Kier molecular flexibility index (Phi) is 5.74. The lowest BCUT2D eigenvalue weighted by Crippen LogP contribution is -2.55. The highest BCUT2D eigenvalue weighted by molar-refractivity contribution is 5.89. The van der Waals surface area contributed by atoms with Crippen LogP contribution in [-0.2, 0) is 20.7 Å². The van der Waals surface area contributed by atoms with Crippen molar-refractivity contribution < 1.29 is 14.3 Å². The van der Waals surface area contributed by atoms with Crippen LogP contribution >= 0.6 is 0 Å². The summed E-state index contributed by atoms with van der Waals surface area (Å²) in [5.74, 6) is 0.142. The fourth-order valence-electron chi connectivity index (χ4n) is 3.86. The van der Waals surface area contributed by atoms with Crippen LogP contribution in [0.15, 0.2) is 30.3 Å². The second kappa shape index (κ2) is 8.00. The van der Waals surface area contributed by atoms with Crippen molar-refractivity contribution in [3.05, 3.63) is 35.9 Å². The number of hydrogen-bond acceptors (Lipinski definition) is 3. The van der Waals surface area contributed by atoms with Gasteiger partial charge in [0.25, 0.3) is 0 Å². The van der Waals surface area contributed by atoms with Gasteiger partial charge >= 0.3 is 0 Å². The highest BCUT2D eigenvalue weighted by Crippen LogP contribution is 2.23. The lowest BCUT2D eigenvalue weighted by Gasteiger charge is -2.39. The van der Waals surface area contributed by atoms with Crippen LogP contribution in [-0.4, -0.2) is 59.5 Å². The molecule has 3 atom stereocenters. The number of benzene rings is 1. The molecule has 0 saturated carbocycles. The monoisotopic (exact) mass is 344 g/mol. The number of likely N-dealkylation sites (tertiary alicyclic amines) is 1. The zero-order valence-corrected chi connectivity index (χ0v) is 15.2. The predicted octanol–water partition coefficient (Wildman–Crippen LogP) is 2.25. The summed E-state index contributed by atoms with van der Waals surface area (Å²) in [6, 6.07) is 9.43. The molecule has 2 aliphatic rings. The zero-order chi connectivity index (χ0) is 17.8. The molecule has 136 valence electrons. The molecule has 5 nitrogen and oxygen atoms in total. The molecule has 0 spiro atoms. The van der Waals surface area contributed by atoms with Gasteiger partial charge in [-0.05, 0) is 31.7 Å². The van der Waals surface area contributed by atoms with Gasteiger partial charge in [0.1, 0.15) is 6.04 Å². The molecule has 25 heavy (non-hydrogen) atoms. The van der Waals surface area contributed by atoms with E-state index in [2.05, 4.69) is 6.92 Å². The smallest absolute Gasteiger partial charge is 0.245 e. The van der Waals surface area contributed by atoms with Crippen molar-refractivity contribution in [2.75, 3.05) is 19.6 Å². The van der Waals surface area contributed by atoms with E-state index in [1.165, 1.54) is 0 Å². The number of nitrogens with zero attached hydrogens (tertiary/aromatic N) is 2. The van der Waals surface area contributed by atoms with Gasteiger partial charge in [-0.3, -0.25) is 9.59 Å². The summed E-state index contributed by atoms with van der Waals surface area (Å²) in [6.45, 7) is 6.02. The molecule has 3 rings (SSSR count). The average molecular weight is 344 g/mol. The largest absolute Gasteiger partial charge is 0.372 e. The Morgan fingerprint density at radius 3 is 2.68 bits per heavy atom. The lowest BCUT2D eigenvalue weighted by atomic mass is 10.1. The Morgan fingerprint density at radius 2 is 1.96 bits per heavy atom. The van der Waals surface area contributed by atoms with E-state index in [0.717, 1.165) is 24.8 Å². The van der Waals surface area contributed by atoms with Crippen LogP contribution in [0.5, 0.6) is 0 Å². The molecule has 2 amide bonds. The van der Waals surface area contributed by atoms with E-state index < -0.39 is 0 Å². The number of morpholine rings is 1. The van der Waals surface area contributed by atoms with Gasteiger partial charge in [-0.2, -0.15) is 0 Å². The molecule has 3 unspecified atom stereocenters. The van der Waals surface area contributed by atoms with Crippen molar-refractivity contribution in [1.82, 2.24) is 9.80 Å². The normalized spacial score (nSPS) is 26.7. The van der Waals surface area contributed by atoms with Gasteiger partial charge < -0.3 is 14.5 Å². The van der Waals surface area contributed by atoms with E-state index in [4.69, 9.17) is 4.74 Å². The SMILES string of the molecule is CCC1CN(C(=O)C2CCCN2C(=O)Cc2ccccc2)CC(C)O1. The van der Waals surface area contributed by atoms with Crippen LogP contribution in [0.2, 0.25) is 0 Å². The van der Waals surface area contributed by atoms with Crippen molar-refractivity contribution in [3.8, 4) is 0 Å². The van der Waals surface area contributed by atoms with Crippen molar-refractivity contribution in [2.45, 2.75) is 57.8 Å². The van der Waals surface area contributed by atoms with Gasteiger partial charge in [-0.25, -0.2) is 0 Å². The first kappa shape index (κ1) is 17.9. The number of ether oxygens (including phenoxy) is 1. The summed E-state index contributed by atoms with van der Waals surface area (Å²) in [6.07, 6.45) is 3.08. The van der Waals surface area contributed by atoms with Gasteiger partial charge in [0.15, 0.2) is 0 Å². The molecule has 1 aromatic rings. The lowest BCUT2D eigenvalue weighted by molar-refractivity contribution is -0.152. The summed E-state index contributed by atoms with van der Waals surface area (Å²) in [7, 11) is 0. The minimum absolute atomic E-state index is 0.0513. The van der Waals surface area contributed by atoms with Gasteiger partial charge in [-0.1, -0.05) is 37.3 Å². The Labute approximate surface area is 149 Å². The highest BCUT2D eigenvalue weighted by Gasteiger charge is 2.38. The van der Waals surface area contributed by atoms with Gasteiger partial charge in [-0.15, -0.1) is 0 Å². The molecule has 0 aliphatic carbocycles. The number of carbonyl (C=O) groups is 2. The van der Waals surface area contributed by atoms with Crippen molar-refractivity contribution in [3.63, 3.8) is 0 Å². The van der Waals surface area contributed by atoms with Crippen LogP contribution in [0.1, 0.15) is 38.7 Å². The van der Waals surface area contributed by atoms with E-state index in [1.807, 2.05) is 42.2 Å². The maximum atomic E-state index is 13.1. The molecule has 0 aromatic heterocycles. The van der Waals surface area contributed by atoms with E-state index in [1.54, 1.807) is 4.90 Å². The summed E-state index contributed by atoms with van der Waals surface area (Å²) in [4.78, 5) is 29.5. The molecule has 0 radical (unpaired) electrons. The van der Waals surface area contributed by atoms with Crippen LogP contribution in [0, 0.1) is 0 Å².